The van der Waals surface area contributed by atoms with Crippen LogP contribution in [-0.4, -0.2) is 47.7 Å². The predicted molar refractivity (Wildman–Crippen MR) is 126 cm³/mol. The molecule has 0 unspecified atom stereocenters. The second-order valence-corrected chi connectivity index (χ2v) is 8.19. The van der Waals surface area contributed by atoms with Gasteiger partial charge in [0, 0.05) is 73.5 Å². The number of benzene rings is 2. The summed E-state index contributed by atoms with van der Waals surface area (Å²) in [6.07, 6.45) is 1.86. The molecule has 1 aliphatic heterocycles. The molecule has 0 bridgehead atoms. The average Bonchev–Trinajstić information content (AvgIpc) is 3.11. The Morgan fingerprint density at radius 3 is 2.42 bits per heavy atom. The number of pyridine rings is 1. The van der Waals surface area contributed by atoms with E-state index in [1.165, 1.54) is 11.8 Å². The van der Waals surface area contributed by atoms with Gasteiger partial charge in [-0.15, -0.1) is 0 Å². The van der Waals surface area contributed by atoms with Crippen molar-refractivity contribution in [3.05, 3.63) is 72.7 Å². The lowest BCUT2D eigenvalue weighted by atomic mass is 10.1. The van der Waals surface area contributed by atoms with E-state index in [4.69, 9.17) is 0 Å². The molecule has 5 rings (SSSR count). The minimum atomic E-state index is -0.233. The molecule has 0 radical (unpaired) electrons. The van der Waals surface area contributed by atoms with E-state index >= 15 is 0 Å². The average molecular weight is 416 g/mol. The summed E-state index contributed by atoms with van der Waals surface area (Å²) >= 11 is 0. The predicted octanol–water partition coefficient (Wildman–Crippen LogP) is 4.87. The van der Waals surface area contributed by atoms with Gasteiger partial charge in [0.25, 0.3) is 0 Å². The van der Waals surface area contributed by atoms with Crippen molar-refractivity contribution in [1.82, 2.24) is 14.5 Å². The molecule has 0 aliphatic carbocycles. The van der Waals surface area contributed by atoms with Gasteiger partial charge in [-0.3, -0.25) is 0 Å². The molecule has 1 fully saturated rings. The third-order valence-corrected chi connectivity index (χ3v) is 6.06. The molecule has 5 nitrogen and oxygen atoms in total. The number of anilines is 3. The number of hydrogen-bond donors (Lipinski definition) is 1. The van der Waals surface area contributed by atoms with E-state index in [9.17, 15) is 4.39 Å². The van der Waals surface area contributed by atoms with Gasteiger partial charge < -0.3 is 19.7 Å². The molecule has 158 valence electrons. The Morgan fingerprint density at radius 1 is 0.903 bits per heavy atom. The highest BCUT2D eigenvalue weighted by Crippen LogP contribution is 2.29. The number of piperazine rings is 1. The van der Waals surface area contributed by atoms with Gasteiger partial charge in [-0.25, -0.2) is 9.37 Å². The van der Waals surface area contributed by atoms with Crippen molar-refractivity contribution in [3.8, 4) is 11.3 Å². The summed E-state index contributed by atoms with van der Waals surface area (Å²) in [5.41, 5.74) is 5.12. The standard InChI is InChI=1S/C25H26FN5/c1-29-10-12-31(13-11-29)22-8-6-21(7-9-22)28-25-16-24-19(17-27-25)15-23(30(24)2)18-4-3-5-20(26)14-18/h3-9,14-17H,10-13H2,1-2H3,(H,27,28). The minimum Gasteiger partial charge on any atom is -0.369 e. The fraction of sp³-hybridized carbons (Fsp3) is 0.240. The SMILES string of the molecule is CN1CCN(c2ccc(Nc3cc4c(cn3)cc(-c3cccc(F)c3)n4C)cc2)CC1. The highest BCUT2D eigenvalue weighted by Gasteiger charge is 2.14. The Balaban J connectivity index is 1.36. The molecule has 1 saturated heterocycles. The van der Waals surface area contributed by atoms with Crippen LogP contribution in [0.1, 0.15) is 0 Å². The number of nitrogens with one attached hydrogen (secondary N) is 1. The highest BCUT2D eigenvalue weighted by atomic mass is 19.1. The van der Waals surface area contributed by atoms with Crippen molar-refractivity contribution in [2.24, 2.45) is 7.05 Å². The summed E-state index contributed by atoms with van der Waals surface area (Å²) < 4.78 is 15.8. The van der Waals surface area contributed by atoms with Gasteiger partial charge in [-0.05, 0) is 49.5 Å². The Labute approximate surface area is 181 Å². The Morgan fingerprint density at radius 2 is 1.68 bits per heavy atom. The van der Waals surface area contributed by atoms with Crippen LogP contribution in [0.4, 0.5) is 21.6 Å². The van der Waals surface area contributed by atoms with Gasteiger partial charge in [0.15, 0.2) is 0 Å². The molecule has 2 aromatic carbocycles. The Bertz CT molecular complexity index is 1210. The molecular weight excluding hydrogens is 389 g/mol. The second kappa shape index (κ2) is 8.04. The summed E-state index contributed by atoms with van der Waals surface area (Å²) in [6, 6.07) is 19.3. The molecular formula is C25H26FN5. The molecule has 0 saturated carbocycles. The molecule has 1 N–H and O–H groups in total. The fourth-order valence-corrected chi connectivity index (χ4v) is 4.19. The van der Waals surface area contributed by atoms with Crippen molar-refractivity contribution >= 4 is 28.1 Å². The maximum Gasteiger partial charge on any atom is 0.132 e. The van der Waals surface area contributed by atoms with Crippen molar-refractivity contribution in [2.75, 3.05) is 43.4 Å². The number of halogens is 1. The molecule has 0 atom stereocenters. The summed E-state index contributed by atoms with van der Waals surface area (Å²) in [6.45, 7) is 4.31. The number of rotatable bonds is 4. The largest absolute Gasteiger partial charge is 0.369 e. The topological polar surface area (TPSA) is 36.3 Å². The third kappa shape index (κ3) is 3.99. The monoisotopic (exact) mass is 415 g/mol. The summed E-state index contributed by atoms with van der Waals surface area (Å²) in [5.74, 6) is 0.551. The zero-order valence-corrected chi connectivity index (χ0v) is 17.8. The van der Waals surface area contributed by atoms with E-state index in [0.717, 1.165) is 59.8 Å². The van der Waals surface area contributed by atoms with E-state index < -0.39 is 0 Å². The first-order chi connectivity index (χ1) is 15.1. The lowest BCUT2D eigenvalue weighted by Crippen LogP contribution is -2.44. The molecule has 3 heterocycles. The zero-order chi connectivity index (χ0) is 21.4. The maximum absolute atomic E-state index is 13.7. The van der Waals surface area contributed by atoms with E-state index in [1.54, 1.807) is 12.1 Å². The first-order valence-electron chi connectivity index (χ1n) is 10.6. The van der Waals surface area contributed by atoms with E-state index in [1.807, 2.05) is 31.4 Å². The molecule has 6 heteroatoms. The number of hydrogen-bond acceptors (Lipinski definition) is 4. The number of nitrogens with zero attached hydrogens (tertiary/aromatic N) is 4. The summed E-state index contributed by atoms with van der Waals surface area (Å²) in [4.78, 5) is 9.36. The van der Waals surface area contributed by atoms with Crippen LogP contribution in [0.5, 0.6) is 0 Å². The third-order valence-electron chi connectivity index (χ3n) is 6.06. The number of likely N-dealkylation sites (N-methyl/N-ethyl adjacent to an activating group) is 1. The molecule has 0 amide bonds. The van der Waals surface area contributed by atoms with E-state index in [-0.39, 0.29) is 5.82 Å². The number of fused-ring (bicyclic) bond motifs is 1. The first-order valence-corrected chi connectivity index (χ1v) is 10.6. The van der Waals surface area contributed by atoms with Crippen LogP contribution in [0.25, 0.3) is 22.2 Å². The van der Waals surface area contributed by atoms with Crippen molar-refractivity contribution in [2.45, 2.75) is 0 Å². The van der Waals surface area contributed by atoms with Crippen LogP contribution in [0.2, 0.25) is 0 Å². The summed E-state index contributed by atoms with van der Waals surface area (Å²) in [5, 5.41) is 4.43. The maximum atomic E-state index is 13.7. The fourth-order valence-electron chi connectivity index (χ4n) is 4.19. The molecule has 2 aromatic heterocycles. The quantitative estimate of drug-likeness (QED) is 0.516. The van der Waals surface area contributed by atoms with E-state index in [2.05, 4.69) is 56.0 Å². The molecule has 4 aromatic rings. The van der Waals surface area contributed by atoms with Crippen molar-refractivity contribution < 1.29 is 4.39 Å². The lowest BCUT2D eigenvalue weighted by Gasteiger charge is -2.34. The van der Waals surface area contributed by atoms with Gasteiger partial charge in [0.1, 0.15) is 11.6 Å². The smallest absolute Gasteiger partial charge is 0.132 e. The number of aromatic nitrogens is 2. The van der Waals surface area contributed by atoms with Gasteiger partial charge in [0.2, 0.25) is 0 Å². The number of aryl methyl sites for hydroxylation is 1. The lowest BCUT2D eigenvalue weighted by molar-refractivity contribution is 0.313. The van der Waals surface area contributed by atoms with Crippen LogP contribution in [0, 0.1) is 5.82 Å². The van der Waals surface area contributed by atoms with Crippen LogP contribution < -0.4 is 10.2 Å². The zero-order valence-electron chi connectivity index (χ0n) is 17.8. The minimum absolute atomic E-state index is 0.233. The van der Waals surface area contributed by atoms with Crippen molar-refractivity contribution in [3.63, 3.8) is 0 Å². The van der Waals surface area contributed by atoms with Gasteiger partial charge in [-0.1, -0.05) is 12.1 Å². The van der Waals surface area contributed by atoms with E-state index in [0.29, 0.717) is 0 Å². The highest BCUT2D eigenvalue weighted by molar-refractivity contribution is 5.88. The summed E-state index contributed by atoms with van der Waals surface area (Å²) in [7, 11) is 4.17. The second-order valence-electron chi connectivity index (χ2n) is 8.19. The Kier molecular flexibility index (Phi) is 5.08. The Hall–Kier alpha value is -3.38. The van der Waals surface area contributed by atoms with Gasteiger partial charge in [-0.2, -0.15) is 0 Å². The van der Waals surface area contributed by atoms with Crippen LogP contribution in [0.3, 0.4) is 0 Å². The molecule has 1 aliphatic rings. The van der Waals surface area contributed by atoms with Crippen molar-refractivity contribution in [1.29, 1.82) is 0 Å². The van der Waals surface area contributed by atoms with Crippen LogP contribution >= 0.6 is 0 Å². The first kappa shape index (κ1) is 19.6. The molecule has 0 spiro atoms. The molecule has 31 heavy (non-hydrogen) atoms. The van der Waals surface area contributed by atoms with Crippen LogP contribution in [0.15, 0.2) is 66.9 Å². The van der Waals surface area contributed by atoms with Gasteiger partial charge >= 0.3 is 0 Å². The van der Waals surface area contributed by atoms with Crippen LogP contribution in [-0.2, 0) is 7.05 Å². The normalized spacial score (nSPS) is 14.9. The van der Waals surface area contributed by atoms with Gasteiger partial charge in [0.05, 0.1) is 5.52 Å².